The fraction of sp³-hybridized carbons (Fsp3) is 0.0769. The predicted octanol–water partition coefficient (Wildman–Crippen LogP) is 2.44. The summed E-state index contributed by atoms with van der Waals surface area (Å²) < 4.78 is 0.758. The first-order valence-corrected chi connectivity index (χ1v) is 6.41. The quantitative estimate of drug-likeness (QED) is 0.875. The van der Waals surface area contributed by atoms with Crippen molar-refractivity contribution in [2.24, 2.45) is 0 Å². The molecule has 0 atom stereocenters. The van der Waals surface area contributed by atoms with Crippen LogP contribution in [0.25, 0.3) is 5.69 Å². The molecule has 0 saturated heterocycles. The summed E-state index contributed by atoms with van der Waals surface area (Å²) in [5, 5.41) is 13.1. The first-order valence-electron chi connectivity index (χ1n) is 5.66. The van der Waals surface area contributed by atoms with Crippen molar-refractivity contribution in [1.82, 2.24) is 9.78 Å². The summed E-state index contributed by atoms with van der Waals surface area (Å²) in [4.78, 5) is 34.7. The second kappa shape index (κ2) is 5.67. The van der Waals surface area contributed by atoms with Crippen molar-refractivity contribution in [2.75, 3.05) is 0 Å². The third-order valence-corrected chi connectivity index (χ3v) is 3.47. The average molecular weight is 327 g/mol. The number of carbonyl (C=O) groups is 2. The highest BCUT2D eigenvalue weighted by molar-refractivity contribution is 6.43. The van der Waals surface area contributed by atoms with Crippen molar-refractivity contribution < 1.29 is 14.7 Å². The van der Waals surface area contributed by atoms with E-state index in [1.807, 2.05) is 0 Å². The van der Waals surface area contributed by atoms with Crippen LogP contribution in [0.5, 0.6) is 0 Å². The number of aromatic carboxylic acids is 1. The van der Waals surface area contributed by atoms with Gasteiger partial charge in [-0.3, -0.25) is 9.59 Å². The number of carboxylic acid groups (broad SMARTS) is 1. The number of benzene rings is 1. The average Bonchev–Trinajstić information content (AvgIpc) is 2.42. The molecule has 0 fully saturated rings. The minimum Gasteiger partial charge on any atom is -0.477 e. The van der Waals surface area contributed by atoms with E-state index in [-0.39, 0.29) is 21.4 Å². The SMILES string of the molecule is CC(=O)c1cc(C(=O)O)c(=O)n(-c2cccc(Cl)c2Cl)n1. The lowest BCUT2D eigenvalue weighted by Gasteiger charge is -2.10. The fourth-order valence-corrected chi connectivity index (χ4v) is 2.01. The van der Waals surface area contributed by atoms with Crippen LogP contribution in [0.1, 0.15) is 27.8 Å². The number of rotatable bonds is 3. The van der Waals surface area contributed by atoms with E-state index in [4.69, 9.17) is 28.3 Å². The number of aromatic nitrogens is 2. The Balaban J connectivity index is 2.85. The lowest BCUT2D eigenvalue weighted by atomic mass is 10.2. The largest absolute Gasteiger partial charge is 0.477 e. The van der Waals surface area contributed by atoms with E-state index in [0.29, 0.717) is 0 Å². The molecule has 0 bridgehead atoms. The molecule has 0 radical (unpaired) electrons. The van der Waals surface area contributed by atoms with Crippen LogP contribution in [0, 0.1) is 0 Å². The molecule has 1 aromatic carbocycles. The summed E-state index contributed by atoms with van der Waals surface area (Å²) in [6, 6.07) is 5.41. The molecule has 21 heavy (non-hydrogen) atoms. The standard InChI is InChI=1S/C13H8Cl2N2O4/c1-6(18)9-5-7(13(20)21)12(19)17(16-9)10-4-2-3-8(14)11(10)15/h2-5H,1H3,(H,20,21). The van der Waals surface area contributed by atoms with Gasteiger partial charge >= 0.3 is 5.97 Å². The van der Waals surface area contributed by atoms with E-state index in [9.17, 15) is 14.4 Å². The Bertz CT molecular complexity index is 814. The van der Waals surface area contributed by atoms with Gasteiger partial charge in [0.05, 0.1) is 15.7 Å². The Kier molecular flexibility index (Phi) is 4.11. The fourth-order valence-electron chi connectivity index (χ4n) is 1.64. The van der Waals surface area contributed by atoms with Crippen LogP contribution in [0.2, 0.25) is 10.0 Å². The molecule has 8 heteroatoms. The van der Waals surface area contributed by atoms with E-state index in [2.05, 4.69) is 5.10 Å². The van der Waals surface area contributed by atoms with Crippen LogP contribution in [-0.2, 0) is 0 Å². The number of hydrogen-bond acceptors (Lipinski definition) is 4. The number of carboxylic acids is 1. The van der Waals surface area contributed by atoms with Crippen molar-refractivity contribution in [3.8, 4) is 5.69 Å². The maximum absolute atomic E-state index is 12.2. The van der Waals surface area contributed by atoms with Gasteiger partial charge in [0.1, 0.15) is 11.3 Å². The van der Waals surface area contributed by atoms with Crippen LogP contribution in [0.3, 0.4) is 0 Å². The molecule has 0 saturated carbocycles. The van der Waals surface area contributed by atoms with Gasteiger partial charge in [0.2, 0.25) is 0 Å². The molecular formula is C13H8Cl2N2O4. The van der Waals surface area contributed by atoms with Crippen molar-refractivity contribution in [1.29, 1.82) is 0 Å². The van der Waals surface area contributed by atoms with E-state index >= 15 is 0 Å². The van der Waals surface area contributed by atoms with Gasteiger partial charge in [-0.15, -0.1) is 0 Å². The van der Waals surface area contributed by atoms with Crippen molar-refractivity contribution >= 4 is 35.0 Å². The summed E-state index contributed by atoms with van der Waals surface area (Å²) in [5.41, 5.74) is -1.55. The second-order valence-electron chi connectivity index (χ2n) is 4.09. The predicted molar refractivity (Wildman–Crippen MR) is 76.8 cm³/mol. The summed E-state index contributed by atoms with van der Waals surface area (Å²) in [5.74, 6) is -1.94. The number of ketones is 1. The zero-order chi connectivity index (χ0) is 15.7. The normalized spacial score (nSPS) is 10.4. The first kappa shape index (κ1) is 15.2. The zero-order valence-electron chi connectivity index (χ0n) is 10.6. The van der Waals surface area contributed by atoms with Crippen LogP contribution in [-0.4, -0.2) is 26.6 Å². The molecule has 108 valence electrons. The third kappa shape index (κ3) is 2.81. The van der Waals surface area contributed by atoms with Gasteiger partial charge in [-0.2, -0.15) is 9.78 Å². The molecular weight excluding hydrogens is 319 g/mol. The Hall–Kier alpha value is -2.18. The maximum Gasteiger partial charge on any atom is 0.341 e. The molecule has 2 aromatic rings. The summed E-state index contributed by atoms with van der Waals surface area (Å²) >= 11 is 11.9. The Morgan fingerprint density at radius 2 is 1.95 bits per heavy atom. The minimum atomic E-state index is -1.46. The molecule has 1 heterocycles. The van der Waals surface area contributed by atoms with E-state index in [1.54, 1.807) is 0 Å². The van der Waals surface area contributed by atoms with Crippen molar-refractivity contribution in [3.05, 3.63) is 55.9 Å². The lowest BCUT2D eigenvalue weighted by Crippen LogP contribution is -2.29. The summed E-state index contributed by atoms with van der Waals surface area (Å²) in [7, 11) is 0. The van der Waals surface area contributed by atoms with Crippen LogP contribution in [0.4, 0.5) is 0 Å². The van der Waals surface area contributed by atoms with Crippen LogP contribution < -0.4 is 5.56 Å². The van der Waals surface area contributed by atoms with Crippen molar-refractivity contribution in [3.63, 3.8) is 0 Å². The first-order chi connectivity index (χ1) is 9.82. The Morgan fingerprint density at radius 3 is 2.52 bits per heavy atom. The highest BCUT2D eigenvalue weighted by atomic mass is 35.5. The zero-order valence-corrected chi connectivity index (χ0v) is 12.1. The lowest BCUT2D eigenvalue weighted by molar-refractivity contribution is 0.0694. The van der Waals surface area contributed by atoms with E-state index < -0.39 is 22.9 Å². The van der Waals surface area contributed by atoms with Gasteiger partial charge in [0, 0.05) is 6.92 Å². The number of carbonyl (C=O) groups excluding carboxylic acids is 1. The summed E-state index contributed by atoms with van der Waals surface area (Å²) in [6.07, 6.45) is 0. The number of halogens is 2. The Labute approximate surface area is 128 Å². The second-order valence-corrected chi connectivity index (χ2v) is 4.88. The molecule has 0 spiro atoms. The number of hydrogen-bond donors (Lipinski definition) is 1. The molecule has 2 rings (SSSR count). The van der Waals surface area contributed by atoms with E-state index in [0.717, 1.165) is 10.7 Å². The molecule has 6 nitrogen and oxygen atoms in total. The highest BCUT2D eigenvalue weighted by Crippen LogP contribution is 2.27. The molecule has 0 unspecified atom stereocenters. The van der Waals surface area contributed by atoms with Gasteiger partial charge in [-0.05, 0) is 18.2 Å². The van der Waals surface area contributed by atoms with Gasteiger partial charge in [-0.1, -0.05) is 29.3 Å². The molecule has 1 N–H and O–H groups in total. The topological polar surface area (TPSA) is 89.3 Å². The molecule has 0 aliphatic carbocycles. The third-order valence-electron chi connectivity index (χ3n) is 2.66. The smallest absolute Gasteiger partial charge is 0.341 e. The van der Waals surface area contributed by atoms with Gasteiger partial charge in [0.15, 0.2) is 5.78 Å². The van der Waals surface area contributed by atoms with Crippen molar-refractivity contribution in [2.45, 2.75) is 6.92 Å². The monoisotopic (exact) mass is 326 g/mol. The minimum absolute atomic E-state index is 0.0332. The number of Topliss-reactive ketones (excluding diaryl/α,β-unsaturated/α-hetero) is 1. The molecule has 1 aromatic heterocycles. The maximum atomic E-state index is 12.2. The van der Waals surface area contributed by atoms with Gasteiger partial charge in [-0.25, -0.2) is 4.79 Å². The molecule has 0 amide bonds. The summed E-state index contributed by atoms with van der Waals surface area (Å²) in [6.45, 7) is 1.21. The highest BCUT2D eigenvalue weighted by Gasteiger charge is 2.19. The van der Waals surface area contributed by atoms with Gasteiger partial charge < -0.3 is 5.11 Å². The molecule has 0 aliphatic rings. The van der Waals surface area contributed by atoms with Crippen LogP contribution >= 0.6 is 23.2 Å². The Morgan fingerprint density at radius 1 is 1.29 bits per heavy atom. The van der Waals surface area contributed by atoms with E-state index in [1.165, 1.54) is 25.1 Å². The van der Waals surface area contributed by atoms with Crippen LogP contribution in [0.15, 0.2) is 29.1 Å². The number of nitrogens with zero attached hydrogens (tertiary/aromatic N) is 2. The van der Waals surface area contributed by atoms with Gasteiger partial charge in [0.25, 0.3) is 5.56 Å². The molecule has 0 aliphatic heterocycles.